The van der Waals surface area contributed by atoms with Crippen LogP contribution in [0.25, 0.3) is 0 Å². The first-order valence-corrected chi connectivity index (χ1v) is 5.40. The second-order valence-electron chi connectivity index (χ2n) is 3.67. The van der Waals surface area contributed by atoms with Gasteiger partial charge in [0.05, 0.1) is 13.7 Å². The molecule has 18 heavy (non-hydrogen) atoms. The van der Waals surface area contributed by atoms with Gasteiger partial charge in [0, 0.05) is 0 Å². The van der Waals surface area contributed by atoms with Crippen molar-refractivity contribution in [3.63, 3.8) is 0 Å². The number of nitrogens with one attached hydrogen (secondary N) is 1. The zero-order valence-corrected chi connectivity index (χ0v) is 10.00. The van der Waals surface area contributed by atoms with Crippen molar-refractivity contribution < 1.29 is 19.4 Å². The van der Waals surface area contributed by atoms with Gasteiger partial charge in [0.15, 0.2) is 6.10 Å². The smallest absolute Gasteiger partial charge is 0.336 e. The number of aliphatic hydroxyl groups is 1. The minimum atomic E-state index is -1.39. The average Bonchev–Trinajstić information content (AvgIpc) is 2.43. The molecule has 6 heteroatoms. The third kappa shape index (κ3) is 3.83. The summed E-state index contributed by atoms with van der Waals surface area (Å²) in [5.41, 5.74) is 6.38. The van der Waals surface area contributed by atoms with Gasteiger partial charge in [-0.25, -0.2) is 4.79 Å². The van der Waals surface area contributed by atoms with Crippen molar-refractivity contribution in [3.8, 4) is 0 Å². The summed E-state index contributed by atoms with van der Waals surface area (Å²) < 4.78 is 4.32. The van der Waals surface area contributed by atoms with Crippen LogP contribution in [-0.2, 0) is 14.3 Å². The van der Waals surface area contributed by atoms with Gasteiger partial charge in [0.2, 0.25) is 5.91 Å². The van der Waals surface area contributed by atoms with Crippen molar-refractivity contribution in [2.75, 3.05) is 13.7 Å². The number of rotatable bonds is 5. The van der Waals surface area contributed by atoms with E-state index in [1.165, 1.54) is 0 Å². The van der Waals surface area contributed by atoms with Gasteiger partial charge in [-0.3, -0.25) is 4.79 Å². The molecule has 0 spiro atoms. The number of hydrogen-bond donors (Lipinski definition) is 3. The maximum Gasteiger partial charge on any atom is 0.336 e. The molecule has 0 saturated carbocycles. The fourth-order valence-electron chi connectivity index (χ4n) is 1.34. The molecular formula is C12H16N2O4. The van der Waals surface area contributed by atoms with E-state index in [1.54, 1.807) is 24.3 Å². The maximum atomic E-state index is 11.7. The lowest BCUT2D eigenvalue weighted by Crippen LogP contribution is -2.41. The Morgan fingerprint density at radius 1 is 1.39 bits per heavy atom. The van der Waals surface area contributed by atoms with Crippen LogP contribution < -0.4 is 11.1 Å². The fourth-order valence-corrected chi connectivity index (χ4v) is 1.34. The molecule has 0 saturated heterocycles. The molecule has 1 unspecified atom stereocenters. The zero-order valence-electron chi connectivity index (χ0n) is 10.00. The largest absolute Gasteiger partial charge is 0.467 e. The van der Waals surface area contributed by atoms with Crippen LogP contribution in [0.1, 0.15) is 11.6 Å². The minimum absolute atomic E-state index is 0.230. The molecule has 0 heterocycles. The average molecular weight is 252 g/mol. The number of carbonyl (C=O) groups excluding carboxylic acids is 2. The van der Waals surface area contributed by atoms with E-state index in [2.05, 4.69) is 10.1 Å². The molecule has 0 aliphatic rings. The predicted molar refractivity (Wildman–Crippen MR) is 64.4 cm³/mol. The van der Waals surface area contributed by atoms with Crippen molar-refractivity contribution in [2.24, 2.45) is 5.73 Å². The molecule has 4 N–H and O–H groups in total. The van der Waals surface area contributed by atoms with Gasteiger partial charge in [-0.05, 0) is 5.56 Å². The molecule has 1 rings (SSSR count). The van der Waals surface area contributed by atoms with Gasteiger partial charge in [0.25, 0.3) is 0 Å². The third-order valence-corrected chi connectivity index (χ3v) is 2.38. The Kier molecular flexibility index (Phi) is 5.29. The lowest BCUT2D eigenvalue weighted by molar-refractivity contribution is -0.150. The number of ether oxygens (including phenoxy) is 1. The molecule has 1 amide bonds. The van der Waals surface area contributed by atoms with Crippen LogP contribution in [0, 0.1) is 0 Å². The normalized spacial score (nSPS) is 13.5. The van der Waals surface area contributed by atoms with Crippen LogP contribution in [0.15, 0.2) is 30.3 Å². The number of aliphatic hydroxyl groups excluding tert-OH is 1. The van der Waals surface area contributed by atoms with E-state index in [-0.39, 0.29) is 6.54 Å². The minimum Gasteiger partial charge on any atom is -0.467 e. The van der Waals surface area contributed by atoms with Crippen LogP contribution >= 0.6 is 0 Å². The van der Waals surface area contributed by atoms with E-state index in [9.17, 15) is 14.7 Å². The van der Waals surface area contributed by atoms with E-state index in [4.69, 9.17) is 5.73 Å². The van der Waals surface area contributed by atoms with E-state index >= 15 is 0 Å². The van der Waals surface area contributed by atoms with Crippen molar-refractivity contribution in [1.29, 1.82) is 0 Å². The number of esters is 1. The summed E-state index contributed by atoms with van der Waals surface area (Å²) in [6, 6.07) is 7.96. The summed E-state index contributed by atoms with van der Waals surface area (Å²) in [6.07, 6.45) is -1.39. The second kappa shape index (κ2) is 6.73. The number of hydrogen-bond acceptors (Lipinski definition) is 5. The topological polar surface area (TPSA) is 102 Å². The lowest BCUT2D eigenvalue weighted by Gasteiger charge is -2.14. The summed E-state index contributed by atoms with van der Waals surface area (Å²) in [6.45, 7) is -0.230. The van der Waals surface area contributed by atoms with Gasteiger partial charge >= 0.3 is 5.97 Å². The molecule has 0 aromatic heterocycles. The Bertz CT molecular complexity index is 408. The highest BCUT2D eigenvalue weighted by Gasteiger charge is 2.19. The Labute approximate surface area is 105 Å². The first kappa shape index (κ1) is 14.1. The number of amides is 1. The quantitative estimate of drug-likeness (QED) is 0.604. The monoisotopic (exact) mass is 252 g/mol. The molecule has 0 fully saturated rings. The first-order valence-electron chi connectivity index (χ1n) is 5.40. The summed E-state index contributed by atoms with van der Waals surface area (Å²) >= 11 is 0. The summed E-state index contributed by atoms with van der Waals surface area (Å²) in [5, 5.41) is 11.7. The van der Waals surface area contributed by atoms with E-state index in [1.807, 2.05) is 6.07 Å². The SMILES string of the molecule is COC(=O)C(O)CNC(=O)[C@H](N)c1ccccc1. The standard InChI is InChI=1S/C12H16N2O4/c1-18-12(17)9(15)7-14-11(16)10(13)8-5-3-2-4-6-8/h2-6,9-10,15H,7,13H2,1H3,(H,14,16)/t9?,10-/m1/s1. The predicted octanol–water partition coefficient (Wildman–Crippen LogP) is -0.663. The Morgan fingerprint density at radius 3 is 2.56 bits per heavy atom. The number of nitrogens with two attached hydrogens (primary N) is 1. The van der Waals surface area contributed by atoms with Gasteiger partial charge < -0.3 is 20.9 Å². The van der Waals surface area contributed by atoms with Crippen LogP contribution in [-0.4, -0.2) is 36.7 Å². The van der Waals surface area contributed by atoms with Gasteiger partial charge in [0.1, 0.15) is 6.04 Å². The molecule has 1 aromatic rings. The van der Waals surface area contributed by atoms with Crippen LogP contribution in [0.5, 0.6) is 0 Å². The fraction of sp³-hybridized carbons (Fsp3) is 0.333. The third-order valence-electron chi connectivity index (χ3n) is 2.38. The maximum absolute atomic E-state index is 11.7. The molecule has 0 radical (unpaired) electrons. The van der Waals surface area contributed by atoms with E-state index in [0.29, 0.717) is 5.56 Å². The van der Waals surface area contributed by atoms with Crippen molar-refractivity contribution in [2.45, 2.75) is 12.1 Å². The number of carbonyl (C=O) groups is 2. The zero-order chi connectivity index (χ0) is 13.5. The highest BCUT2D eigenvalue weighted by molar-refractivity contribution is 5.83. The molecule has 0 aliphatic carbocycles. The Hall–Kier alpha value is -1.92. The van der Waals surface area contributed by atoms with Crippen LogP contribution in [0.4, 0.5) is 0 Å². The van der Waals surface area contributed by atoms with Gasteiger partial charge in [-0.2, -0.15) is 0 Å². The van der Waals surface area contributed by atoms with E-state index in [0.717, 1.165) is 7.11 Å². The van der Waals surface area contributed by atoms with E-state index < -0.39 is 24.0 Å². The molecule has 1 aromatic carbocycles. The first-order chi connectivity index (χ1) is 8.56. The molecule has 0 bridgehead atoms. The summed E-state index contributed by atoms with van der Waals surface area (Å²) in [5.74, 6) is -1.27. The molecular weight excluding hydrogens is 236 g/mol. The number of benzene rings is 1. The molecule has 6 nitrogen and oxygen atoms in total. The Balaban J connectivity index is 2.49. The summed E-state index contributed by atoms with van der Waals surface area (Å²) in [4.78, 5) is 22.6. The van der Waals surface area contributed by atoms with Crippen molar-refractivity contribution in [1.82, 2.24) is 5.32 Å². The lowest BCUT2D eigenvalue weighted by atomic mass is 10.1. The van der Waals surface area contributed by atoms with Gasteiger partial charge in [-0.1, -0.05) is 30.3 Å². The highest BCUT2D eigenvalue weighted by Crippen LogP contribution is 2.08. The molecule has 2 atom stereocenters. The van der Waals surface area contributed by atoms with Crippen molar-refractivity contribution >= 4 is 11.9 Å². The summed E-state index contributed by atoms with van der Waals surface area (Å²) in [7, 11) is 1.16. The molecule has 98 valence electrons. The van der Waals surface area contributed by atoms with Gasteiger partial charge in [-0.15, -0.1) is 0 Å². The highest BCUT2D eigenvalue weighted by atomic mass is 16.5. The van der Waals surface area contributed by atoms with Crippen LogP contribution in [0.2, 0.25) is 0 Å². The van der Waals surface area contributed by atoms with Crippen molar-refractivity contribution in [3.05, 3.63) is 35.9 Å². The Morgan fingerprint density at radius 2 is 2.00 bits per heavy atom. The number of methoxy groups -OCH3 is 1. The van der Waals surface area contributed by atoms with Crippen LogP contribution in [0.3, 0.4) is 0 Å². The molecule has 0 aliphatic heterocycles. The second-order valence-corrected chi connectivity index (χ2v) is 3.67.